The van der Waals surface area contributed by atoms with Crippen molar-refractivity contribution in [1.82, 2.24) is 5.32 Å². The lowest BCUT2D eigenvalue weighted by atomic mass is 10.2. The minimum Gasteiger partial charge on any atom is -0.493 e. The maximum atomic E-state index is 12.8. The molecule has 1 heterocycles. The molecule has 156 valence electrons. The predicted molar refractivity (Wildman–Crippen MR) is 109 cm³/mol. The molecule has 0 aromatic heterocycles. The van der Waals surface area contributed by atoms with E-state index in [-0.39, 0.29) is 16.6 Å². The highest BCUT2D eigenvalue weighted by molar-refractivity contribution is 7.92. The third kappa shape index (κ3) is 4.32. The fourth-order valence-electron chi connectivity index (χ4n) is 3.04. The van der Waals surface area contributed by atoms with E-state index < -0.39 is 10.0 Å². The quantitative estimate of drug-likeness (QED) is 0.711. The molecule has 2 aromatic rings. The first kappa shape index (κ1) is 20.6. The van der Waals surface area contributed by atoms with Gasteiger partial charge < -0.3 is 19.5 Å². The molecule has 2 aromatic carbocycles. The van der Waals surface area contributed by atoms with E-state index in [4.69, 9.17) is 14.2 Å². The zero-order valence-electron chi connectivity index (χ0n) is 16.4. The Morgan fingerprint density at radius 1 is 1.00 bits per heavy atom. The molecular formula is C19H23N3O6S. The van der Waals surface area contributed by atoms with Gasteiger partial charge in [0.1, 0.15) is 0 Å². The van der Waals surface area contributed by atoms with Gasteiger partial charge in [0.2, 0.25) is 5.75 Å². The zero-order valence-corrected chi connectivity index (χ0v) is 17.2. The molecule has 2 amide bonds. The first-order chi connectivity index (χ1) is 13.9. The summed E-state index contributed by atoms with van der Waals surface area (Å²) in [5.41, 5.74) is 0.896. The van der Waals surface area contributed by atoms with Crippen LogP contribution in [0, 0.1) is 0 Å². The van der Waals surface area contributed by atoms with Crippen LogP contribution in [0.1, 0.15) is 6.42 Å². The molecule has 0 atom stereocenters. The number of hydrogen-bond donors (Lipinski definition) is 2. The Balaban J connectivity index is 1.85. The lowest BCUT2D eigenvalue weighted by molar-refractivity contribution is 0.243. The predicted octanol–water partition coefficient (Wildman–Crippen LogP) is 2.43. The molecule has 0 radical (unpaired) electrons. The second-order valence-corrected chi connectivity index (χ2v) is 7.93. The Morgan fingerprint density at radius 2 is 1.62 bits per heavy atom. The average Bonchev–Trinajstić information content (AvgIpc) is 2.73. The van der Waals surface area contributed by atoms with Crippen molar-refractivity contribution < 1.29 is 27.4 Å². The highest BCUT2D eigenvalue weighted by atomic mass is 32.2. The fraction of sp³-hybridized carbons (Fsp3) is 0.316. The summed E-state index contributed by atoms with van der Waals surface area (Å²) in [5.74, 6) is 1.02. The number of nitrogens with one attached hydrogen (secondary N) is 2. The molecule has 29 heavy (non-hydrogen) atoms. The minimum absolute atomic E-state index is 0.0624. The summed E-state index contributed by atoms with van der Waals surface area (Å²) in [6.07, 6.45) is 0.828. The van der Waals surface area contributed by atoms with Crippen LogP contribution < -0.4 is 29.1 Å². The van der Waals surface area contributed by atoms with Crippen molar-refractivity contribution in [3.05, 3.63) is 36.4 Å². The van der Waals surface area contributed by atoms with Gasteiger partial charge in [-0.25, -0.2) is 13.2 Å². The molecule has 0 aliphatic carbocycles. The summed E-state index contributed by atoms with van der Waals surface area (Å²) in [7, 11) is 0.501. The molecule has 1 saturated heterocycles. The average molecular weight is 421 g/mol. The van der Waals surface area contributed by atoms with Crippen molar-refractivity contribution in [2.24, 2.45) is 0 Å². The fourth-order valence-corrected chi connectivity index (χ4v) is 4.08. The van der Waals surface area contributed by atoms with Crippen molar-refractivity contribution in [1.29, 1.82) is 0 Å². The van der Waals surface area contributed by atoms with Gasteiger partial charge in [-0.3, -0.25) is 9.62 Å². The van der Waals surface area contributed by atoms with Crippen LogP contribution in [0.4, 0.5) is 16.2 Å². The third-order valence-electron chi connectivity index (χ3n) is 4.46. The molecule has 1 fully saturated rings. The van der Waals surface area contributed by atoms with Crippen LogP contribution in [-0.2, 0) is 10.0 Å². The van der Waals surface area contributed by atoms with E-state index in [0.717, 1.165) is 6.42 Å². The molecule has 1 aliphatic rings. The van der Waals surface area contributed by atoms with Crippen LogP contribution in [0.3, 0.4) is 0 Å². The molecule has 1 aliphatic heterocycles. The number of nitrogens with zero attached hydrogens (tertiary/aromatic N) is 1. The number of sulfonamides is 1. The van der Waals surface area contributed by atoms with Crippen molar-refractivity contribution in [3.63, 3.8) is 0 Å². The number of rotatable bonds is 7. The van der Waals surface area contributed by atoms with Crippen LogP contribution in [0.2, 0.25) is 0 Å². The largest absolute Gasteiger partial charge is 0.493 e. The highest BCUT2D eigenvalue weighted by Gasteiger charge is 2.21. The summed E-state index contributed by atoms with van der Waals surface area (Å²) >= 11 is 0. The number of methoxy groups -OCH3 is 3. The highest BCUT2D eigenvalue weighted by Crippen LogP contribution is 2.40. The Labute approximate surface area is 169 Å². The normalized spacial score (nSPS) is 14.2. The number of anilines is 2. The SMILES string of the molecule is COc1cc(NS(=O)(=O)c2ccc(N3CCCNC3=O)cc2)cc(OC)c1OC. The van der Waals surface area contributed by atoms with Gasteiger partial charge in [0.05, 0.1) is 31.9 Å². The van der Waals surface area contributed by atoms with E-state index in [0.29, 0.717) is 36.0 Å². The molecule has 2 N–H and O–H groups in total. The van der Waals surface area contributed by atoms with Crippen molar-refractivity contribution in [2.45, 2.75) is 11.3 Å². The Morgan fingerprint density at radius 3 is 2.14 bits per heavy atom. The van der Waals surface area contributed by atoms with Crippen molar-refractivity contribution in [2.75, 3.05) is 44.0 Å². The Bertz CT molecular complexity index is 966. The van der Waals surface area contributed by atoms with Crippen LogP contribution in [0.15, 0.2) is 41.3 Å². The molecular weight excluding hydrogens is 398 g/mol. The first-order valence-corrected chi connectivity index (χ1v) is 10.4. The van der Waals surface area contributed by atoms with Gasteiger partial charge in [-0.2, -0.15) is 0 Å². The number of carbonyl (C=O) groups excluding carboxylic acids is 1. The molecule has 3 rings (SSSR count). The van der Waals surface area contributed by atoms with E-state index in [1.807, 2.05) is 0 Å². The molecule has 10 heteroatoms. The topological polar surface area (TPSA) is 106 Å². The smallest absolute Gasteiger partial charge is 0.321 e. The number of ether oxygens (including phenoxy) is 3. The maximum absolute atomic E-state index is 12.8. The van der Waals surface area contributed by atoms with Crippen LogP contribution in [-0.4, -0.2) is 48.9 Å². The summed E-state index contributed by atoms with van der Waals surface area (Å²) in [5, 5.41) is 2.76. The van der Waals surface area contributed by atoms with E-state index in [2.05, 4.69) is 10.0 Å². The van der Waals surface area contributed by atoms with Gasteiger partial charge in [0.15, 0.2) is 11.5 Å². The first-order valence-electron chi connectivity index (χ1n) is 8.88. The van der Waals surface area contributed by atoms with Crippen LogP contribution in [0.25, 0.3) is 0 Å². The van der Waals surface area contributed by atoms with Gasteiger partial charge in [0.25, 0.3) is 10.0 Å². The molecule has 9 nitrogen and oxygen atoms in total. The number of benzene rings is 2. The van der Waals surface area contributed by atoms with Gasteiger partial charge >= 0.3 is 6.03 Å². The molecule has 0 unspecified atom stereocenters. The van der Waals surface area contributed by atoms with Crippen molar-refractivity contribution in [3.8, 4) is 17.2 Å². The minimum atomic E-state index is -3.86. The lowest BCUT2D eigenvalue weighted by Gasteiger charge is -2.27. The van der Waals surface area contributed by atoms with Crippen LogP contribution in [0.5, 0.6) is 17.2 Å². The van der Waals surface area contributed by atoms with Gasteiger partial charge in [-0.15, -0.1) is 0 Å². The van der Waals surface area contributed by atoms with E-state index in [1.165, 1.54) is 45.6 Å². The number of hydrogen-bond acceptors (Lipinski definition) is 6. The number of urea groups is 1. The standard InChI is InChI=1S/C19H23N3O6S/c1-26-16-11-13(12-17(27-2)18(16)28-3)21-29(24,25)15-7-5-14(6-8-15)22-10-4-9-20-19(22)23/h5-8,11-12,21H,4,9-10H2,1-3H3,(H,20,23). The summed E-state index contributed by atoms with van der Waals surface area (Å²) in [4.78, 5) is 13.6. The molecule has 0 spiro atoms. The zero-order chi connectivity index (χ0) is 21.0. The van der Waals surface area contributed by atoms with Gasteiger partial charge in [-0.05, 0) is 30.7 Å². The van der Waals surface area contributed by atoms with Crippen LogP contribution >= 0.6 is 0 Å². The molecule has 0 saturated carbocycles. The Hall–Kier alpha value is -3.14. The third-order valence-corrected chi connectivity index (χ3v) is 5.85. The summed E-state index contributed by atoms with van der Waals surface area (Å²) in [6.45, 7) is 1.22. The maximum Gasteiger partial charge on any atom is 0.321 e. The lowest BCUT2D eigenvalue weighted by Crippen LogP contribution is -2.46. The number of amides is 2. The second kappa shape index (κ2) is 8.48. The van der Waals surface area contributed by atoms with Crippen molar-refractivity contribution >= 4 is 27.4 Å². The van der Waals surface area contributed by atoms with Gasteiger partial charge in [0, 0.05) is 30.9 Å². The number of carbonyl (C=O) groups is 1. The Kier molecular flexibility index (Phi) is 6.02. The van der Waals surface area contributed by atoms with E-state index in [1.54, 1.807) is 17.0 Å². The van der Waals surface area contributed by atoms with E-state index >= 15 is 0 Å². The summed E-state index contributed by atoms with van der Waals surface area (Å²) < 4.78 is 43.8. The molecule has 0 bridgehead atoms. The second-order valence-electron chi connectivity index (χ2n) is 6.25. The van der Waals surface area contributed by atoms with E-state index in [9.17, 15) is 13.2 Å². The van der Waals surface area contributed by atoms with Gasteiger partial charge in [-0.1, -0.05) is 0 Å². The summed E-state index contributed by atoms with van der Waals surface area (Å²) in [6, 6.07) is 8.94. The monoisotopic (exact) mass is 421 g/mol.